The highest BCUT2D eigenvalue weighted by molar-refractivity contribution is 5.90. The van der Waals surface area contributed by atoms with Crippen molar-refractivity contribution in [1.82, 2.24) is 5.32 Å². The molecule has 1 aromatic rings. The molecule has 1 aliphatic carbocycles. The smallest absolute Gasteiger partial charge is 0.224 e. The molecule has 0 aromatic heterocycles. The number of benzene rings is 1. The number of amides is 1. The van der Waals surface area contributed by atoms with Gasteiger partial charge in [0.2, 0.25) is 5.91 Å². The highest BCUT2D eigenvalue weighted by atomic mass is 16.5. The summed E-state index contributed by atoms with van der Waals surface area (Å²) in [6.45, 7) is 0.295. The minimum atomic E-state index is -0.371. The van der Waals surface area contributed by atoms with Crippen LogP contribution < -0.4 is 15.8 Å². The fraction of sp³-hybridized carbons (Fsp3) is 0.429. The maximum Gasteiger partial charge on any atom is 0.224 e. The predicted octanol–water partition coefficient (Wildman–Crippen LogP) is 1.10. The van der Waals surface area contributed by atoms with Crippen LogP contribution in [0.15, 0.2) is 35.5 Å². The lowest BCUT2D eigenvalue weighted by Gasteiger charge is -2.16. The minimum absolute atomic E-state index is 0.0600. The minimum Gasteiger partial charge on any atom is -0.493 e. The molecule has 1 atom stereocenters. The Kier molecular flexibility index (Phi) is 4.81. The Hall–Kier alpha value is -2.24. The monoisotopic (exact) mass is 277 g/mol. The van der Waals surface area contributed by atoms with E-state index in [1.54, 1.807) is 0 Å². The molecule has 20 heavy (non-hydrogen) atoms. The zero-order chi connectivity index (χ0) is 14.4. The number of nitrogens with one attached hydrogen (secondary N) is 1. The van der Waals surface area contributed by atoms with Crippen molar-refractivity contribution in [3.05, 3.63) is 30.3 Å². The van der Waals surface area contributed by atoms with Crippen LogP contribution in [0.4, 0.5) is 0 Å². The molecule has 6 heteroatoms. The second-order valence-corrected chi connectivity index (χ2v) is 4.82. The third-order valence-electron chi connectivity index (χ3n) is 3.19. The van der Waals surface area contributed by atoms with E-state index in [4.69, 9.17) is 15.7 Å². The fourth-order valence-corrected chi connectivity index (χ4v) is 1.95. The molecule has 0 heterocycles. The van der Waals surface area contributed by atoms with Gasteiger partial charge in [0.1, 0.15) is 5.75 Å². The van der Waals surface area contributed by atoms with E-state index < -0.39 is 0 Å². The second-order valence-electron chi connectivity index (χ2n) is 4.82. The highest BCUT2D eigenvalue weighted by Crippen LogP contribution is 2.32. The predicted molar refractivity (Wildman–Crippen MR) is 74.6 cm³/mol. The fourth-order valence-electron chi connectivity index (χ4n) is 1.95. The Morgan fingerprint density at radius 2 is 2.15 bits per heavy atom. The number of oxime groups is 1. The van der Waals surface area contributed by atoms with E-state index in [2.05, 4.69) is 10.5 Å². The third kappa shape index (κ3) is 4.15. The molecule has 1 saturated carbocycles. The summed E-state index contributed by atoms with van der Waals surface area (Å²) in [4.78, 5) is 11.8. The number of ether oxygens (including phenoxy) is 1. The van der Waals surface area contributed by atoms with Crippen LogP contribution >= 0.6 is 0 Å². The summed E-state index contributed by atoms with van der Waals surface area (Å²) in [7, 11) is 0. The largest absolute Gasteiger partial charge is 0.493 e. The van der Waals surface area contributed by atoms with E-state index in [9.17, 15) is 4.79 Å². The van der Waals surface area contributed by atoms with Gasteiger partial charge >= 0.3 is 0 Å². The number of carbonyl (C=O) groups excluding carboxylic acids is 1. The lowest BCUT2D eigenvalue weighted by Crippen LogP contribution is -2.46. The van der Waals surface area contributed by atoms with E-state index in [1.165, 1.54) is 0 Å². The molecule has 0 spiro atoms. The van der Waals surface area contributed by atoms with Gasteiger partial charge in [0, 0.05) is 0 Å². The van der Waals surface area contributed by atoms with Gasteiger partial charge in [0.15, 0.2) is 5.84 Å². The van der Waals surface area contributed by atoms with Gasteiger partial charge in [-0.05, 0) is 30.9 Å². The van der Waals surface area contributed by atoms with Crippen molar-refractivity contribution >= 4 is 11.7 Å². The van der Waals surface area contributed by atoms with Crippen LogP contribution in [-0.2, 0) is 4.79 Å². The summed E-state index contributed by atoms with van der Waals surface area (Å²) in [6.07, 6.45) is 2.21. The molecule has 6 nitrogen and oxygen atoms in total. The Labute approximate surface area is 117 Å². The molecule has 0 radical (unpaired) electrons. The van der Waals surface area contributed by atoms with Gasteiger partial charge in [-0.15, -0.1) is 0 Å². The molecule has 108 valence electrons. The molecule has 1 aliphatic rings. The lowest BCUT2D eigenvalue weighted by atomic mass is 10.1. The first-order chi connectivity index (χ1) is 9.70. The van der Waals surface area contributed by atoms with Crippen molar-refractivity contribution in [2.45, 2.75) is 25.3 Å². The Morgan fingerprint density at radius 1 is 1.45 bits per heavy atom. The zero-order valence-electron chi connectivity index (χ0n) is 11.2. The van der Waals surface area contributed by atoms with E-state index in [1.807, 2.05) is 30.3 Å². The summed E-state index contributed by atoms with van der Waals surface area (Å²) in [5.41, 5.74) is 5.58. The number of carbonyl (C=O) groups is 1. The number of hydrogen-bond acceptors (Lipinski definition) is 4. The van der Waals surface area contributed by atoms with Crippen LogP contribution in [0.5, 0.6) is 5.75 Å². The molecule has 4 N–H and O–H groups in total. The van der Waals surface area contributed by atoms with Gasteiger partial charge < -0.3 is 21.0 Å². The van der Waals surface area contributed by atoms with Crippen molar-refractivity contribution in [1.29, 1.82) is 0 Å². The van der Waals surface area contributed by atoms with Gasteiger partial charge in [-0.3, -0.25) is 4.79 Å². The van der Waals surface area contributed by atoms with E-state index >= 15 is 0 Å². The van der Waals surface area contributed by atoms with Crippen LogP contribution in [0.25, 0.3) is 0 Å². The quantitative estimate of drug-likeness (QED) is 0.301. The SMILES string of the molecule is NC(=NO)C(NC(=O)CCOc1ccccc1)C1CC1. The summed E-state index contributed by atoms with van der Waals surface area (Å²) in [5.74, 6) is 0.912. The van der Waals surface area contributed by atoms with Gasteiger partial charge in [-0.2, -0.15) is 0 Å². The van der Waals surface area contributed by atoms with Crippen molar-refractivity contribution in [2.24, 2.45) is 16.8 Å². The Balaban J connectivity index is 1.74. The molecule has 2 rings (SSSR count). The van der Waals surface area contributed by atoms with Crippen molar-refractivity contribution in [3.8, 4) is 5.75 Å². The number of para-hydroxylation sites is 1. The molecular formula is C14H19N3O3. The van der Waals surface area contributed by atoms with E-state index in [0.717, 1.165) is 18.6 Å². The second kappa shape index (κ2) is 6.79. The molecule has 1 aromatic carbocycles. The summed E-state index contributed by atoms with van der Waals surface area (Å²) in [6, 6.07) is 8.94. The molecule has 1 fully saturated rings. The molecule has 1 unspecified atom stereocenters. The summed E-state index contributed by atoms with van der Waals surface area (Å²) < 4.78 is 5.45. The standard InChI is InChI=1S/C14H19N3O3/c15-14(17-19)13(10-6-7-10)16-12(18)8-9-20-11-4-2-1-3-5-11/h1-5,10,13,19H,6-9H2,(H2,15,17)(H,16,18). The first-order valence-electron chi connectivity index (χ1n) is 6.65. The molecule has 0 saturated heterocycles. The summed E-state index contributed by atoms with van der Waals surface area (Å²) >= 11 is 0. The first-order valence-corrected chi connectivity index (χ1v) is 6.65. The average Bonchev–Trinajstić information content (AvgIpc) is 3.29. The highest BCUT2D eigenvalue weighted by Gasteiger charge is 2.35. The van der Waals surface area contributed by atoms with E-state index in [-0.39, 0.29) is 30.1 Å². The maximum atomic E-state index is 11.8. The van der Waals surface area contributed by atoms with Gasteiger partial charge in [-0.25, -0.2) is 0 Å². The summed E-state index contributed by atoms with van der Waals surface area (Å²) in [5, 5.41) is 14.5. The van der Waals surface area contributed by atoms with Crippen molar-refractivity contribution in [3.63, 3.8) is 0 Å². The van der Waals surface area contributed by atoms with E-state index in [0.29, 0.717) is 6.61 Å². The Morgan fingerprint density at radius 3 is 2.75 bits per heavy atom. The molecule has 0 bridgehead atoms. The van der Waals surface area contributed by atoms with Gasteiger partial charge in [-0.1, -0.05) is 23.4 Å². The number of nitrogens with two attached hydrogens (primary N) is 1. The van der Waals surface area contributed by atoms with Crippen LogP contribution in [0.3, 0.4) is 0 Å². The normalized spacial score (nSPS) is 16.5. The van der Waals surface area contributed by atoms with Crippen molar-refractivity contribution in [2.75, 3.05) is 6.61 Å². The first kappa shape index (κ1) is 14.2. The van der Waals surface area contributed by atoms with Crippen LogP contribution in [0, 0.1) is 5.92 Å². The zero-order valence-corrected chi connectivity index (χ0v) is 11.2. The third-order valence-corrected chi connectivity index (χ3v) is 3.19. The van der Waals surface area contributed by atoms with Crippen LogP contribution in [0.2, 0.25) is 0 Å². The topological polar surface area (TPSA) is 96.9 Å². The lowest BCUT2D eigenvalue weighted by molar-refractivity contribution is -0.122. The van der Waals surface area contributed by atoms with Crippen LogP contribution in [0.1, 0.15) is 19.3 Å². The van der Waals surface area contributed by atoms with Crippen molar-refractivity contribution < 1.29 is 14.7 Å². The molecule has 0 aliphatic heterocycles. The maximum absolute atomic E-state index is 11.8. The number of amidine groups is 1. The number of hydrogen-bond donors (Lipinski definition) is 3. The molecular weight excluding hydrogens is 258 g/mol. The number of rotatable bonds is 7. The number of nitrogens with zero attached hydrogens (tertiary/aromatic N) is 1. The van der Waals surface area contributed by atoms with Gasteiger partial charge in [0.25, 0.3) is 0 Å². The van der Waals surface area contributed by atoms with Gasteiger partial charge in [0.05, 0.1) is 19.1 Å². The average molecular weight is 277 g/mol. The Bertz CT molecular complexity index is 472. The van der Waals surface area contributed by atoms with Crippen LogP contribution in [-0.4, -0.2) is 29.6 Å². The molecule has 1 amide bonds.